The summed E-state index contributed by atoms with van der Waals surface area (Å²) in [5, 5.41) is 1.95. The van der Waals surface area contributed by atoms with Crippen LogP contribution in [0.25, 0.3) is 16.3 Å². The molecular formula is C20H18N2O3S2. The van der Waals surface area contributed by atoms with Crippen LogP contribution >= 0.6 is 22.7 Å². The van der Waals surface area contributed by atoms with E-state index >= 15 is 0 Å². The topological polar surface area (TPSA) is 60.7 Å². The normalized spacial score (nSPS) is 12.0. The lowest BCUT2D eigenvalue weighted by Crippen LogP contribution is -2.15. The summed E-state index contributed by atoms with van der Waals surface area (Å²) in [6.07, 6.45) is 4.95. The highest BCUT2D eigenvalue weighted by Crippen LogP contribution is 2.20. The molecule has 2 heterocycles. The summed E-state index contributed by atoms with van der Waals surface area (Å²) < 4.78 is 7.81. The van der Waals surface area contributed by atoms with Crippen molar-refractivity contribution in [3.63, 3.8) is 0 Å². The molecule has 0 N–H and O–H groups in total. The van der Waals surface area contributed by atoms with Crippen LogP contribution in [0.15, 0.2) is 59.4 Å². The number of nitrogens with zero attached hydrogens (tertiary/aromatic N) is 2. The molecule has 0 bridgehead atoms. The molecule has 3 aromatic rings. The van der Waals surface area contributed by atoms with Crippen LogP contribution in [0.1, 0.15) is 22.2 Å². The molecule has 0 unspecified atom stereocenters. The number of allylic oxidation sites excluding steroid dienone is 1. The molecule has 0 aliphatic carbocycles. The molecule has 0 aliphatic heterocycles. The lowest BCUT2D eigenvalue weighted by atomic mass is 10.2. The van der Waals surface area contributed by atoms with Gasteiger partial charge in [0.15, 0.2) is 4.80 Å². The van der Waals surface area contributed by atoms with Gasteiger partial charge in [0, 0.05) is 17.5 Å². The SMILES string of the molecule is C=CCn1c(=NC(=O)C=Cc2cccs2)sc2cc(C(=O)OCC)ccc21. The van der Waals surface area contributed by atoms with Crippen LogP contribution < -0.4 is 4.80 Å². The van der Waals surface area contributed by atoms with Crippen LogP contribution in [0, 0.1) is 0 Å². The minimum absolute atomic E-state index is 0.323. The van der Waals surface area contributed by atoms with Gasteiger partial charge in [0.2, 0.25) is 0 Å². The third kappa shape index (κ3) is 4.50. The van der Waals surface area contributed by atoms with E-state index in [9.17, 15) is 9.59 Å². The van der Waals surface area contributed by atoms with E-state index in [1.165, 1.54) is 17.4 Å². The van der Waals surface area contributed by atoms with Crippen LogP contribution in [0.5, 0.6) is 0 Å². The predicted molar refractivity (Wildman–Crippen MR) is 110 cm³/mol. The quantitative estimate of drug-likeness (QED) is 0.354. The van der Waals surface area contributed by atoms with Crippen molar-refractivity contribution >= 4 is 50.8 Å². The van der Waals surface area contributed by atoms with Crippen LogP contribution in [0.3, 0.4) is 0 Å². The van der Waals surface area contributed by atoms with Crippen molar-refractivity contribution in [2.24, 2.45) is 4.99 Å². The van der Waals surface area contributed by atoms with Gasteiger partial charge in [-0.1, -0.05) is 23.5 Å². The second-order valence-electron chi connectivity index (χ2n) is 5.49. The van der Waals surface area contributed by atoms with Crippen molar-refractivity contribution < 1.29 is 14.3 Å². The van der Waals surface area contributed by atoms with Crippen LogP contribution in [-0.4, -0.2) is 23.1 Å². The summed E-state index contributed by atoms with van der Waals surface area (Å²) in [5.41, 5.74) is 1.37. The number of fused-ring (bicyclic) bond motifs is 1. The Labute approximate surface area is 164 Å². The zero-order valence-electron chi connectivity index (χ0n) is 14.8. The highest BCUT2D eigenvalue weighted by atomic mass is 32.1. The van der Waals surface area contributed by atoms with Crippen LogP contribution in [0.4, 0.5) is 0 Å². The Morgan fingerprint density at radius 2 is 2.19 bits per heavy atom. The predicted octanol–water partition coefficient (Wildman–Crippen LogP) is 4.27. The zero-order valence-corrected chi connectivity index (χ0v) is 16.4. The van der Waals surface area contributed by atoms with E-state index < -0.39 is 0 Å². The summed E-state index contributed by atoms with van der Waals surface area (Å²) in [7, 11) is 0. The smallest absolute Gasteiger partial charge is 0.338 e. The zero-order chi connectivity index (χ0) is 19.2. The number of ether oxygens (including phenoxy) is 1. The summed E-state index contributed by atoms with van der Waals surface area (Å²) in [6.45, 7) is 6.38. The maximum Gasteiger partial charge on any atom is 0.338 e. The largest absolute Gasteiger partial charge is 0.462 e. The molecule has 3 rings (SSSR count). The number of aromatic nitrogens is 1. The molecule has 0 radical (unpaired) electrons. The maximum absolute atomic E-state index is 12.2. The maximum atomic E-state index is 12.2. The number of carbonyl (C=O) groups excluding carboxylic acids is 2. The number of amides is 1. The van der Waals surface area contributed by atoms with Gasteiger partial charge in [-0.25, -0.2) is 4.79 Å². The van der Waals surface area contributed by atoms with Gasteiger partial charge in [0.1, 0.15) is 0 Å². The first-order chi connectivity index (χ1) is 13.1. The van der Waals surface area contributed by atoms with Gasteiger partial charge in [-0.3, -0.25) is 4.79 Å². The Morgan fingerprint density at radius 3 is 2.89 bits per heavy atom. The number of benzene rings is 1. The van der Waals surface area contributed by atoms with E-state index in [0.29, 0.717) is 23.5 Å². The second-order valence-corrected chi connectivity index (χ2v) is 7.47. The number of hydrogen-bond donors (Lipinski definition) is 0. The van der Waals surface area contributed by atoms with Gasteiger partial charge < -0.3 is 9.30 Å². The van der Waals surface area contributed by atoms with E-state index in [2.05, 4.69) is 11.6 Å². The lowest BCUT2D eigenvalue weighted by Gasteiger charge is -2.03. The summed E-state index contributed by atoms with van der Waals surface area (Å²) in [4.78, 5) is 30.0. The van der Waals surface area contributed by atoms with Crippen molar-refractivity contribution in [2.75, 3.05) is 6.61 Å². The van der Waals surface area contributed by atoms with Gasteiger partial charge in [0.25, 0.3) is 5.91 Å². The third-order valence-corrected chi connectivity index (χ3v) is 5.52. The Kier molecular flexibility index (Phi) is 6.16. The third-order valence-electron chi connectivity index (χ3n) is 3.64. The molecule has 1 amide bonds. The molecular weight excluding hydrogens is 380 g/mol. The Morgan fingerprint density at radius 1 is 1.33 bits per heavy atom. The monoisotopic (exact) mass is 398 g/mol. The van der Waals surface area contributed by atoms with E-state index in [0.717, 1.165) is 15.1 Å². The average molecular weight is 399 g/mol. The van der Waals surface area contributed by atoms with Gasteiger partial charge in [-0.05, 0) is 42.6 Å². The minimum atomic E-state index is -0.364. The van der Waals surface area contributed by atoms with Crippen molar-refractivity contribution in [3.8, 4) is 0 Å². The number of rotatable bonds is 6. The number of thiophene rings is 1. The molecule has 0 saturated carbocycles. The van der Waals surface area contributed by atoms with Gasteiger partial charge in [-0.2, -0.15) is 4.99 Å². The molecule has 1 aromatic carbocycles. The van der Waals surface area contributed by atoms with Gasteiger partial charge >= 0.3 is 5.97 Å². The number of hydrogen-bond acceptors (Lipinski definition) is 5. The molecule has 7 heteroatoms. The Balaban J connectivity index is 2.00. The molecule has 2 aromatic heterocycles. The second kappa shape index (κ2) is 8.75. The van der Waals surface area contributed by atoms with Crippen LogP contribution in [-0.2, 0) is 16.1 Å². The van der Waals surface area contributed by atoms with E-state index in [1.807, 2.05) is 28.1 Å². The first-order valence-electron chi connectivity index (χ1n) is 8.34. The van der Waals surface area contributed by atoms with Gasteiger partial charge in [-0.15, -0.1) is 17.9 Å². The first-order valence-corrected chi connectivity index (χ1v) is 10.0. The van der Waals surface area contributed by atoms with E-state index in [-0.39, 0.29) is 11.9 Å². The number of esters is 1. The fourth-order valence-electron chi connectivity index (χ4n) is 2.48. The van der Waals surface area contributed by atoms with Crippen molar-refractivity contribution in [1.29, 1.82) is 0 Å². The highest BCUT2D eigenvalue weighted by molar-refractivity contribution is 7.16. The summed E-state index contributed by atoms with van der Waals surface area (Å²) in [5.74, 6) is -0.699. The minimum Gasteiger partial charge on any atom is -0.462 e. The standard InChI is InChI=1S/C20H18N2O3S2/c1-3-11-22-16-9-7-14(19(24)25-4-2)13-17(16)27-20(22)21-18(23)10-8-15-6-5-12-26-15/h3,5-10,12-13H,1,4,11H2,2H3. The fraction of sp³-hybridized carbons (Fsp3) is 0.150. The number of thiazole rings is 1. The van der Waals surface area contributed by atoms with Gasteiger partial charge in [0.05, 0.1) is 22.4 Å². The van der Waals surface area contributed by atoms with Crippen molar-refractivity contribution in [2.45, 2.75) is 13.5 Å². The molecule has 27 heavy (non-hydrogen) atoms. The molecule has 0 saturated heterocycles. The van der Waals surface area contributed by atoms with E-state index in [1.54, 1.807) is 42.5 Å². The van der Waals surface area contributed by atoms with E-state index in [4.69, 9.17) is 4.74 Å². The summed E-state index contributed by atoms with van der Waals surface area (Å²) in [6, 6.07) is 9.18. The van der Waals surface area contributed by atoms with Crippen LogP contribution in [0.2, 0.25) is 0 Å². The molecule has 0 spiro atoms. The molecule has 138 valence electrons. The Hall–Kier alpha value is -2.77. The molecule has 0 aliphatic rings. The lowest BCUT2D eigenvalue weighted by molar-refractivity contribution is -0.113. The number of carbonyl (C=O) groups is 2. The highest BCUT2D eigenvalue weighted by Gasteiger charge is 2.11. The fourth-order valence-corrected chi connectivity index (χ4v) is 4.18. The molecule has 0 fully saturated rings. The van der Waals surface area contributed by atoms with Crippen molar-refractivity contribution in [1.82, 2.24) is 4.57 Å². The molecule has 0 atom stereocenters. The van der Waals surface area contributed by atoms with Crippen molar-refractivity contribution in [3.05, 3.63) is 69.7 Å². The molecule has 5 nitrogen and oxygen atoms in total. The average Bonchev–Trinajstić information content (AvgIpc) is 3.28. The first kappa shape index (κ1) is 19.0. The Bertz CT molecular complexity index is 1070. The summed E-state index contributed by atoms with van der Waals surface area (Å²) >= 11 is 2.91.